The number of hydrogen-bond acceptors (Lipinski definition) is 6. The molecule has 0 bridgehead atoms. The smallest absolute Gasteiger partial charge is 0.274 e. The third-order valence-corrected chi connectivity index (χ3v) is 3.77. The van der Waals surface area contributed by atoms with E-state index >= 15 is 0 Å². The van der Waals surface area contributed by atoms with Gasteiger partial charge >= 0.3 is 0 Å². The van der Waals surface area contributed by atoms with Crippen molar-refractivity contribution in [3.63, 3.8) is 0 Å². The van der Waals surface area contributed by atoms with Crippen LogP contribution in [0.25, 0.3) is 0 Å². The van der Waals surface area contributed by atoms with Gasteiger partial charge in [-0.1, -0.05) is 6.07 Å². The predicted molar refractivity (Wildman–Crippen MR) is 90.7 cm³/mol. The minimum Gasteiger partial charge on any atom is -0.495 e. The molecule has 1 aromatic heterocycles. The first kappa shape index (κ1) is 16.2. The molecule has 0 spiro atoms. The number of aryl methyl sites for hydroxylation is 1. The van der Waals surface area contributed by atoms with Crippen LogP contribution in [-0.4, -0.2) is 49.3 Å². The molecule has 0 radical (unpaired) electrons. The van der Waals surface area contributed by atoms with E-state index in [1.807, 2.05) is 30.0 Å². The van der Waals surface area contributed by atoms with E-state index in [9.17, 15) is 4.79 Å². The van der Waals surface area contributed by atoms with Gasteiger partial charge in [0.15, 0.2) is 0 Å². The van der Waals surface area contributed by atoms with Gasteiger partial charge in [0.1, 0.15) is 11.4 Å². The monoisotopic (exact) mass is 328 g/mol. The molecule has 24 heavy (non-hydrogen) atoms. The Balaban J connectivity index is 1.79. The van der Waals surface area contributed by atoms with Crippen LogP contribution in [0.2, 0.25) is 0 Å². The molecule has 0 unspecified atom stereocenters. The van der Waals surface area contributed by atoms with Gasteiger partial charge in [-0.15, -0.1) is 0 Å². The zero-order valence-electron chi connectivity index (χ0n) is 13.8. The number of methoxy groups -OCH3 is 1. The fourth-order valence-corrected chi connectivity index (χ4v) is 2.50. The fraction of sp³-hybridized carbons (Fsp3) is 0.353. The first-order valence-electron chi connectivity index (χ1n) is 7.79. The Bertz CT molecular complexity index is 730. The first-order chi connectivity index (χ1) is 11.7. The number of nitrogens with zero attached hydrogens (tertiary/aromatic N) is 3. The lowest BCUT2D eigenvalue weighted by molar-refractivity contribution is 0.102. The maximum Gasteiger partial charge on any atom is 0.274 e. The molecule has 1 saturated heterocycles. The molecule has 126 valence electrons. The molecule has 1 fully saturated rings. The highest BCUT2D eigenvalue weighted by Crippen LogP contribution is 2.25. The van der Waals surface area contributed by atoms with Gasteiger partial charge in [-0.3, -0.25) is 4.79 Å². The molecule has 7 heteroatoms. The van der Waals surface area contributed by atoms with Crippen molar-refractivity contribution in [3.05, 3.63) is 41.7 Å². The summed E-state index contributed by atoms with van der Waals surface area (Å²) in [7, 11) is 1.57. The number of morpholine rings is 1. The number of amides is 1. The highest BCUT2D eigenvalue weighted by atomic mass is 16.5. The Morgan fingerprint density at radius 3 is 2.83 bits per heavy atom. The topological polar surface area (TPSA) is 76.6 Å². The zero-order valence-corrected chi connectivity index (χ0v) is 13.8. The summed E-state index contributed by atoms with van der Waals surface area (Å²) in [6, 6.07) is 7.21. The summed E-state index contributed by atoms with van der Waals surface area (Å²) < 4.78 is 10.6. The normalized spacial score (nSPS) is 14.3. The van der Waals surface area contributed by atoms with Crippen LogP contribution in [0.3, 0.4) is 0 Å². The summed E-state index contributed by atoms with van der Waals surface area (Å²) in [6.45, 7) is 4.67. The second-order valence-electron chi connectivity index (χ2n) is 5.50. The SMILES string of the molecule is COc1ccc(C)cc1NC(=O)c1ccnc(N2CCOCC2)n1. The van der Waals surface area contributed by atoms with Crippen molar-refractivity contribution in [1.29, 1.82) is 0 Å². The maximum atomic E-state index is 12.5. The Morgan fingerprint density at radius 2 is 2.08 bits per heavy atom. The summed E-state index contributed by atoms with van der Waals surface area (Å²) >= 11 is 0. The lowest BCUT2D eigenvalue weighted by Crippen LogP contribution is -2.37. The van der Waals surface area contributed by atoms with Crippen LogP contribution in [0, 0.1) is 6.92 Å². The van der Waals surface area contributed by atoms with Crippen molar-refractivity contribution in [2.75, 3.05) is 43.6 Å². The number of carbonyl (C=O) groups is 1. The first-order valence-corrected chi connectivity index (χ1v) is 7.79. The van der Waals surface area contributed by atoms with E-state index in [2.05, 4.69) is 15.3 Å². The van der Waals surface area contributed by atoms with Gasteiger partial charge in [-0.05, 0) is 30.7 Å². The minimum atomic E-state index is -0.296. The zero-order chi connectivity index (χ0) is 16.9. The van der Waals surface area contributed by atoms with Crippen LogP contribution in [0.1, 0.15) is 16.1 Å². The molecule has 2 aromatic rings. The molecular formula is C17H20N4O3. The van der Waals surface area contributed by atoms with Crippen molar-refractivity contribution in [2.24, 2.45) is 0 Å². The summed E-state index contributed by atoms with van der Waals surface area (Å²) in [4.78, 5) is 23.2. The average molecular weight is 328 g/mol. The van der Waals surface area contributed by atoms with Crippen LogP contribution in [0.15, 0.2) is 30.5 Å². The average Bonchev–Trinajstić information content (AvgIpc) is 2.63. The lowest BCUT2D eigenvalue weighted by atomic mass is 10.2. The standard InChI is InChI=1S/C17H20N4O3/c1-12-3-4-15(23-2)14(11-12)19-16(22)13-5-6-18-17(20-13)21-7-9-24-10-8-21/h3-6,11H,7-10H2,1-2H3,(H,19,22). The van der Waals surface area contributed by atoms with Gasteiger partial charge in [0.05, 0.1) is 26.0 Å². The molecule has 1 aromatic carbocycles. The molecule has 2 heterocycles. The van der Waals surface area contributed by atoms with E-state index in [4.69, 9.17) is 9.47 Å². The van der Waals surface area contributed by atoms with E-state index in [0.717, 1.165) is 18.7 Å². The number of aromatic nitrogens is 2. The molecule has 0 saturated carbocycles. The fourth-order valence-electron chi connectivity index (χ4n) is 2.50. The third-order valence-electron chi connectivity index (χ3n) is 3.77. The van der Waals surface area contributed by atoms with Crippen LogP contribution < -0.4 is 15.0 Å². The van der Waals surface area contributed by atoms with Crippen molar-refractivity contribution >= 4 is 17.5 Å². The quantitative estimate of drug-likeness (QED) is 0.923. The van der Waals surface area contributed by atoms with E-state index < -0.39 is 0 Å². The van der Waals surface area contributed by atoms with E-state index in [0.29, 0.717) is 36.3 Å². The Hall–Kier alpha value is -2.67. The van der Waals surface area contributed by atoms with Gasteiger partial charge in [0.2, 0.25) is 5.95 Å². The molecule has 1 N–H and O–H groups in total. The maximum absolute atomic E-state index is 12.5. The molecule has 1 amide bonds. The van der Waals surface area contributed by atoms with E-state index in [1.165, 1.54) is 0 Å². The Labute approximate surface area is 140 Å². The molecule has 3 rings (SSSR count). The minimum absolute atomic E-state index is 0.296. The third kappa shape index (κ3) is 3.62. The van der Waals surface area contributed by atoms with Crippen LogP contribution in [-0.2, 0) is 4.74 Å². The predicted octanol–water partition coefficient (Wildman–Crippen LogP) is 1.88. The number of hydrogen-bond donors (Lipinski definition) is 1. The number of anilines is 2. The lowest BCUT2D eigenvalue weighted by Gasteiger charge is -2.26. The van der Waals surface area contributed by atoms with Crippen LogP contribution >= 0.6 is 0 Å². The number of carbonyl (C=O) groups excluding carboxylic acids is 1. The Morgan fingerprint density at radius 1 is 1.29 bits per heavy atom. The molecule has 0 atom stereocenters. The molecule has 1 aliphatic heterocycles. The summed E-state index contributed by atoms with van der Waals surface area (Å²) in [5.74, 6) is 0.856. The van der Waals surface area contributed by atoms with Gasteiger partial charge < -0.3 is 19.7 Å². The van der Waals surface area contributed by atoms with Crippen LogP contribution in [0.5, 0.6) is 5.75 Å². The molecule has 1 aliphatic rings. The van der Waals surface area contributed by atoms with Crippen LogP contribution in [0.4, 0.5) is 11.6 Å². The van der Waals surface area contributed by atoms with Gasteiger partial charge in [0.25, 0.3) is 5.91 Å². The summed E-state index contributed by atoms with van der Waals surface area (Å²) in [5.41, 5.74) is 1.96. The van der Waals surface area contributed by atoms with Crippen molar-refractivity contribution in [3.8, 4) is 5.75 Å². The molecule has 7 nitrogen and oxygen atoms in total. The highest BCUT2D eigenvalue weighted by molar-refractivity contribution is 6.03. The van der Waals surface area contributed by atoms with Gasteiger partial charge in [-0.25, -0.2) is 9.97 Å². The molecular weight excluding hydrogens is 308 g/mol. The summed E-state index contributed by atoms with van der Waals surface area (Å²) in [6.07, 6.45) is 1.60. The highest BCUT2D eigenvalue weighted by Gasteiger charge is 2.17. The van der Waals surface area contributed by atoms with E-state index in [1.54, 1.807) is 19.4 Å². The van der Waals surface area contributed by atoms with Gasteiger partial charge in [0, 0.05) is 19.3 Å². The molecule has 0 aliphatic carbocycles. The second-order valence-corrected chi connectivity index (χ2v) is 5.50. The van der Waals surface area contributed by atoms with Crippen molar-refractivity contribution in [2.45, 2.75) is 6.92 Å². The number of benzene rings is 1. The van der Waals surface area contributed by atoms with Gasteiger partial charge in [-0.2, -0.15) is 0 Å². The second kappa shape index (κ2) is 7.27. The van der Waals surface area contributed by atoms with E-state index in [-0.39, 0.29) is 5.91 Å². The number of ether oxygens (including phenoxy) is 2. The number of rotatable bonds is 4. The van der Waals surface area contributed by atoms with Crippen molar-refractivity contribution in [1.82, 2.24) is 9.97 Å². The largest absolute Gasteiger partial charge is 0.495 e. The number of nitrogens with one attached hydrogen (secondary N) is 1. The Kier molecular flexibility index (Phi) is 4.90. The van der Waals surface area contributed by atoms with Crippen molar-refractivity contribution < 1.29 is 14.3 Å². The summed E-state index contributed by atoms with van der Waals surface area (Å²) in [5, 5.41) is 2.85.